The monoisotopic (exact) mass is 361 g/mol. The fourth-order valence-electron chi connectivity index (χ4n) is 3.49. The van der Waals surface area contributed by atoms with Crippen molar-refractivity contribution in [2.75, 3.05) is 11.5 Å². The first-order valence-electron chi connectivity index (χ1n) is 8.82. The summed E-state index contributed by atoms with van der Waals surface area (Å²) < 4.78 is 5.03. The van der Waals surface area contributed by atoms with Gasteiger partial charge < -0.3 is 4.74 Å². The van der Waals surface area contributed by atoms with Crippen LogP contribution < -0.4 is 4.90 Å². The minimum Gasteiger partial charge on any atom is -0.462 e. The molecule has 0 unspecified atom stereocenters. The van der Waals surface area contributed by atoms with Gasteiger partial charge in [-0.25, -0.2) is 4.79 Å². The van der Waals surface area contributed by atoms with Crippen LogP contribution in [0.3, 0.4) is 0 Å². The Kier molecular flexibility index (Phi) is 4.24. The lowest BCUT2D eigenvalue weighted by Crippen LogP contribution is -2.29. The molecule has 4 rings (SSSR count). The smallest absolute Gasteiger partial charge is 0.338 e. The molecule has 0 saturated carbocycles. The molecule has 1 N–H and O–H groups in total. The van der Waals surface area contributed by atoms with Gasteiger partial charge in [0, 0.05) is 16.9 Å². The molecule has 3 aromatic rings. The van der Waals surface area contributed by atoms with E-state index in [4.69, 9.17) is 4.74 Å². The topological polar surface area (TPSA) is 75.3 Å². The molecular weight excluding hydrogens is 342 g/mol. The van der Waals surface area contributed by atoms with Crippen LogP contribution in [0.4, 0.5) is 5.69 Å². The van der Waals surface area contributed by atoms with Crippen LogP contribution in [0.5, 0.6) is 0 Å². The van der Waals surface area contributed by atoms with Crippen molar-refractivity contribution in [3.8, 4) is 0 Å². The van der Waals surface area contributed by atoms with Crippen molar-refractivity contribution >= 4 is 17.6 Å². The Labute approximate surface area is 156 Å². The van der Waals surface area contributed by atoms with Crippen molar-refractivity contribution in [2.24, 2.45) is 0 Å². The molecule has 27 heavy (non-hydrogen) atoms. The molecule has 1 atom stereocenters. The number of nitrogens with one attached hydrogen (secondary N) is 1. The van der Waals surface area contributed by atoms with Gasteiger partial charge in [0.05, 0.1) is 18.2 Å². The van der Waals surface area contributed by atoms with Crippen LogP contribution in [-0.2, 0) is 4.74 Å². The molecule has 0 saturated heterocycles. The van der Waals surface area contributed by atoms with Gasteiger partial charge in [-0.1, -0.05) is 30.3 Å². The van der Waals surface area contributed by atoms with E-state index in [1.165, 1.54) is 0 Å². The van der Waals surface area contributed by atoms with Gasteiger partial charge in [-0.15, -0.1) is 0 Å². The molecule has 0 radical (unpaired) electrons. The fraction of sp³-hybridized carbons (Fsp3) is 0.190. The molecule has 136 valence electrons. The Hall–Kier alpha value is -3.41. The maximum Gasteiger partial charge on any atom is 0.338 e. The van der Waals surface area contributed by atoms with E-state index in [0.29, 0.717) is 23.6 Å². The number of aryl methyl sites for hydroxylation is 1. The highest BCUT2D eigenvalue weighted by molar-refractivity contribution is 6.10. The fourth-order valence-corrected chi connectivity index (χ4v) is 3.49. The standard InChI is InChI=1S/C21H19N3O3/c1-3-27-21(26)15-9-11-16(12-10-15)24-19(14-7-5-4-6-8-14)17-13(2)22-23-18(17)20(24)25/h4-12,19H,3H2,1-2H3,(H,22,23)/t19-/m0/s1. The molecule has 1 amide bonds. The Morgan fingerprint density at radius 2 is 1.85 bits per heavy atom. The number of rotatable bonds is 4. The Morgan fingerprint density at radius 3 is 2.52 bits per heavy atom. The number of fused-ring (bicyclic) bond motifs is 1. The van der Waals surface area contributed by atoms with Gasteiger partial charge in [0.25, 0.3) is 5.91 Å². The zero-order valence-corrected chi connectivity index (χ0v) is 15.1. The highest BCUT2D eigenvalue weighted by Gasteiger charge is 2.42. The van der Waals surface area contributed by atoms with E-state index in [9.17, 15) is 9.59 Å². The molecule has 0 bridgehead atoms. The lowest BCUT2D eigenvalue weighted by Gasteiger charge is -2.26. The third-order valence-corrected chi connectivity index (χ3v) is 4.72. The average molecular weight is 361 g/mol. The number of carbonyl (C=O) groups is 2. The third-order valence-electron chi connectivity index (χ3n) is 4.72. The molecule has 1 aromatic heterocycles. The molecule has 2 heterocycles. The first-order valence-corrected chi connectivity index (χ1v) is 8.82. The molecule has 1 aliphatic rings. The van der Waals surface area contributed by atoms with Gasteiger partial charge >= 0.3 is 5.97 Å². The average Bonchev–Trinajstić information content (AvgIpc) is 3.21. The van der Waals surface area contributed by atoms with Crippen molar-refractivity contribution in [2.45, 2.75) is 19.9 Å². The van der Waals surface area contributed by atoms with E-state index in [1.54, 1.807) is 36.1 Å². The molecule has 0 spiro atoms. The van der Waals surface area contributed by atoms with Gasteiger partial charge in [-0.2, -0.15) is 5.10 Å². The number of nitrogens with zero attached hydrogens (tertiary/aromatic N) is 2. The first-order chi connectivity index (χ1) is 13.1. The van der Waals surface area contributed by atoms with E-state index >= 15 is 0 Å². The van der Waals surface area contributed by atoms with Gasteiger partial charge in [0.2, 0.25) is 0 Å². The lowest BCUT2D eigenvalue weighted by molar-refractivity contribution is 0.0526. The summed E-state index contributed by atoms with van der Waals surface area (Å²) >= 11 is 0. The summed E-state index contributed by atoms with van der Waals surface area (Å²) in [5, 5.41) is 7.13. The van der Waals surface area contributed by atoms with E-state index in [2.05, 4.69) is 10.2 Å². The normalized spacial score (nSPS) is 15.7. The molecule has 0 aliphatic carbocycles. The minimum atomic E-state index is -0.375. The van der Waals surface area contributed by atoms with Crippen LogP contribution in [-0.4, -0.2) is 28.7 Å². The van der Waals surface area contributed by atoms with Crippen LogP contribution in [0.1, 0.15) is 50.6 Å². The Bertz CT molecular complexity index is 993. The maximum atomic E-state index is 13.1. The summed E-state index contributed by atoms with van der Waals surface area (Å²) in [5.74, 6) is -0.535. The van der Waals surface area contributed by atoms with E-state index in [0.717, 1.165) is 16.8 Å². The summed E-state index contributed by atoms with van der Waals surface area (Å²) in [4.78, 5) is 26.7. The lowest BCUT2D eigenvalue weighted by atomic mass is 9.99. The predicted octanol–water partition coefficient (Wildman–Crippen LogP) is 3.64. The number of aromatic amines is 1. The largest absolute Gasteiger partial charge is 0.462 e. The third kappa shape index (κ3) is 2.79. The van der Waals surface area contributed by atoms with Gasteiger partial charge in [0.15, 0.2) is 5.69 Å². The number of anilines is 1. The van der Waals surface area contributed by atoms with Crippen LogP contribution in [0.2, 0.25) is 0 Å². The minimum absolute atomic E-state index is 0.160. The molecule has 2 aromatic carbocycles. The molecule has 6 heteroatoms. The van der Waals surface area contributed by atoms with Gasteiger partial charge in [0.1, 0.15) is 0 Å². The number of hydrogen-bond donors (Lipinski definition) is 1. The molecule has 1 aliphatic heterocycles. The number of ether oxygens (including phenoxy) is 1. The molecule has 0 fully saturated rings. The quantitative estimate of drug-likeness (QED) is 0.720. The second-order valence-electron chi connectivity index (χ2n) is 6.37. The number of aromatic nitrogens is 2. The van der Waals surface area contributed by atoms with Crippen molar-refractivity contribution < 1.29 is 14.3 Å². The zero-order valence-electron chi connectivity index (χ0n) is 15.1. The summed E-state index contributed by atoms with van der Waals surface area (Å²) in [6, 6.07) is 16.5. The highest BCUT2D eigenvalue weighted by atomic mass is 16.5. The highest BCUT2D eigenvalue weighted by Crippen LogP contribution is 2.42. The Balaban J connectivity index is 1.77. The molecular formula is C21H19N3O3. The second-order valence-corrected chi connectivity index (χ2v) is 6.37. The van der Waals surface area contributed by atoms with Crippen molar-refractivity contribution in [1.82, 2.24) is 10.2 Å². The SMILES string of the molecule is CCOC(=O)c1ccc(N2C(=O)c3n[nH]c(C)c3[C@@H]2c2ccccc2)cc1. The molecule has 6 nitrogen and oxygen atoms in total. The van der Waals surface area contributed by atoms with E-state index in [1.807, 2.05) is 37.3 Å². The van der Waals surface area contributed by atoms with Crippen LogP contribution >= 0.6 is 0 Å². The number of amides is 1. The van der Waals surface area contributed by atoms with Crippen molar-refractivity contribution in [3.63, 3.8) is 0 Å². The maximum absolute atomic E-state index is 13.1. The summed E-state index contributed by atoms with van der Waals surface area (Å²) in [7, 11) is 0. The first kappa shape index (κ1) is 17.0. The van der Waals surface area contributed by atoms with Crippen LogP contribution in [0.15, 0.2) is 54.6 Å². The van der Waals surface area contributed by atoms with Gasteiger partial charge in [-0.3, -0.25) is 14.8 Å². The summed E-state index contributed by atoms with van der Waals surface area (Å²) in [6.07, 6.45) is 0. The number of carbonyl (C=O) groups excluding carboxylic acids is 2. The van der Waals surface area contributed by atoms with Crippen LogP contribution in [0, 0.1) is 6.92 Å². The predicted molar refractivity (Wildman–Crippen MR) is 101 cm³/mol. The Morgan fingerprint density at radius 1 is 1.15 bits per heavy atom. The number of benzene rings is 2. The van der Waals surface area contributed by atoms with E-state index in [-0.39, 0.29) is 17.9 Å². The van der Waals surface area contributed by atoms with Crippen molar-refractivity contribution in [3.05, 3.63) is 82.7 Å². The van der Waals surface area contributed by atoms with Gasteiger partial charge in [-0.05, 0) is 43.7 Å². The number of hydrogen-bond acceptors (Lipinski definition) is 4. The number of esters is 1. The number of H-pyrrole nitrogens is 1. The zero-order chi connectivity index (χ0) is 19.0. The van der Waals surface area contributed by atoms with Crippen molar-refractivity contribution in [1.29, 1.82) is 0 Å². The van der Waals surface area contributed by atoms with Crippen LogP contribution in [0.25, 0.3) is 0 Å². The summed E-state index contributed by atoms with van der Waals surface area (Å²) in [6.45, 7) is 4.01. The van der Waals surface area contributed by atoms with E-state index < -0.39 is 0 Å². The second kappa shape index (κ2) is 6.72. The summed E-state index contributed by atoms with van der Waals surface area (Å²) in [5.41, 5.74) is 4.37.